The SMILES string of the molecule is Cc1c(SNC2C3CCC34C(CO)CC24)c2n(c1C(=O)Nc1ccc(F)c(F)c1)CCCCC2. The van der Waals surface area contributed by atoms with Gasteiger partial charge in [-0.3, -0.25) is 9.52 Å². The first-order valence-corrected chi connectivity index (χ1v) is 13.3. The van der Waals surface area contributed by atoms with E-state index in [-0.39, 0.29) is 11.6 Å². The predicted octanol–water partition coefficient (Wildman–Crippen LogP) is 5.06. The van der Waals surface area contributed by atoms with Crippen LogP contribution in [0.5, 0.6) is 0 Å². The first-order valence-electron chi connectivity index (χ1n) is 12.5. The zero-order valence-electron chi connectivity index (χ0n) is 19.4. The van der Waals surface area contributed by atoms with Gasteiger partial charge in [0.05, 0.1) is 0 Å². The molecule has 5 unspecified atom stereocenters. The molecule has 5 atom stereocenters. The number of rotatable bonds is 6. The van der Waals surface area contributed by atoms with Crippen LogP contribution in [-0.2, 0) is 13.0 Å². The monoisotopic (exact) mass is 487 g/mol. The van der Waals surface area contributed by atoms with Gasteiger partial charge in [0.1, 0.15) is 5.69 Å². The minimum absolute atomic E-state index is 0.249. The molecule has 6 rings (SSSR count). The van der Waals surface area contributed by atoms with Gasteiger partial charge in [-0.1, -0.05) is 6.42 Å². The molecule has 1 aliphatic heterocycles. The van der Waals surface area contributed by atoms with Crippen molar-refractivity contribution in [2.45, 2.75) is 69.4 Å². The highest BCUT2D eigenvalue weighted by molar-refractivity contribution is 7.97. The summed E-state index contributed by atoms with van der Waals surface area (Å²) < 4.78 is 32.9. The average Bonchev–Trinajstić information content (AvgIpc) is 2.90. The summed E-state index contributed by atoms with van der Waals surface area (Å²) in [6.07, 6.45) is 7.77. The summed E-state index contributed by atoms with van der Waals surface area (Å²) in [5.74, 6) is -0.389. The smallest absolute Gasteiger partial charge is 0.272 e. The van der Waals surface area contributed by atoms with Crippen LogP contribution in [0.3, 0.4) is 0 Å². The van der Waals surface area contributed by atoms with Crippen LogP contribution in [0.1, 0.15) is 60.3 Å². The Morgan fingerprint density at radius 3 is 2.79 bits per heavy atom. The number of carbonyl (C=O) groups is 1. The van der Waals surface area contributed by atoms with Crippen molar-refractivity contribution < 1.29 is 18.7 Å². The molecule has 8 heteroatoms. The number of aliphatic hydroxyl groups is 1. The molecule has 1 aromatic carbocycles. The van der Waals surface area contributed by atoms with Crippen LogP contribution in [0.4, 0.5) is 14.5 Å². The maximum atomic E-state index is 13.7. The van der Waals surface area contributed by atoms with Crippen LogP contribution in [0.2, 0.25) is 0 Å². The molecular weight excluding hydrogens is 456 g/mol. The molecule has 0 saturated heterocycles. The minimum atomic E-state index is -0.976. The lowest BCUT2D eigenvalue weighted by Crippen LogP contribution is -2.79. The molecule has 1 aromatic heterocycles. The second-order valence-electron chi connectivity index (χ2n) is 10.5. The van der Waals surface area contributed by atoms with Crippen molar-refractivity contribution >= 4 is 23.5 Å². The fraction of sp³-hybridized carbons (Fsp3) is 0.577. The third kappa shape index (κ3) is 3.14. The van der Waals surface area contributed by atoms with Gasteiger partial charge in [0.2, 0.25) is 0 Å². The van der Waals surface area contributed by atoms with Gasteiger partial charge in [-0.05, 0) is 98.3 Å². The number of fused-ring (bicyclic) bond motifs is 1. The number of amides is 1. The zero-order chi connectivity index (χ0) is 23.6. The molecule has 3 N–H and O–H groups in total. The number of anilines is 1. The summed E-state index contributed by atoms with van der Waals surface area (Å²) in [4.78, 5) is 14.4. The van der Waals surface area contributed by atoms with Crippen molar-refractivity contribution in [3.63, 3.8) is 0 Å². The van der Waals surface area contributed by atoms with Gasteiger partial charge in [0, 0.05) is 41.5 Å². The standard InChI is InChI=1S/C26H31F2N3O2S/c1-14-23(25(33)29-16-6-7-19(27)20(28)12-16)31-10-4-2-3-5-21(31)24(14)34-30-22-17-8-9-26(17)15(13-32)11-18(22)26/h6-7,12,15,17-18,22,30,32H,2-5,8-11,13H2,1H3,(H,29,33). The number of hydrogen-bond acceptors (Lipinski definition) is 4. The lowest BCUT2D eigenvalue weighted by atomic mass is 9.28. The van der Waals surface area contributed by atoms with Gasteiger partial charge >= 0.3 is 0 Å². The molecule has 2 aromatic rings. The van der Waals surface area contributed by atoms with E-state index in [4.69, 9.17) is 0 Å². The first-order chi connectivity index (χ1) is 16.5. The minimum Gasteiger partial charge on any atom is -0.396 e. The van der Waals surface area contributed by atoms with Crippen LogP contribution in [0.25, 0.3) is 0 Å². The Bertz CT molecular complexity index is 1140. The van der Waals surface area contributed by atoms with E-state index in [1.807, 2.05) is 6.92 Å². The Hall–Kier alpha value is -1.90. The van der Waals surface area contributed by atoms with E-state index < -0.39 is 11.6 Å². The molecule has 4 aliphatic rings. The largest absolute Gasteiger partial charge is 0.396 e. The van der Waals surface area contributed by atoms with Crippen LogP contribution >= 0.6 is 11.9 Å². The van der Waals surface area contributed by atoms with Crippen molar-refractivity contribution in [3.8, 4) is 0 Å². The van der Waals surface area contributed by atoms with E-state index in [1.54, 1.807) is 11.9 Å². The number of aliphatic hydroxyl groups excluding tert-OH is 1. The Morgan fingerprint density at radius 2 is 2.09 bits per heavy atom. The first kappa shape index (κ1) is 22.6. The summed E-state index contributed by atoms with van der Waals surface area (Å²) in [7, 11) is 0. The number of carbonyl (C=O) groups excluding carboxylic acids is 1. The Labute approximate surface area is 202 Å². The fourth-order valence-electron chi connectivity index (χ4n) is 7.40. The number of aromatic nitrogens is 1. The average molecular weight is 488 g/mol. The second kappa shape index (κ2) is 8.35. The van der Waals surface area contributed by atoms with Crippen LogP contribution < -0.4 is 10.0 Å². The Morgan fingerprint density at radius 1 is 1.24 bits per heavy atom. The molecule has 5 nitrogen and oxygen atoms in total. The molecule has 182 valence electrons. The van der Waals surface area contributed by atoms with Crippen LogP contribution in [0, 0.1) is 41.7 Å². The number of benzene rings is 1. The lowest BCUT2D eigenvalue weighted by molar-refractivity contribution is -0.287. The summed E-state index contributed by atoms with van der Waals surface area (Å²) >= 11 is 1.67. The number of halogens is 2. The molecule has 0 radical (unpaired) electrons. The predicted molar refractivity (Wildman–Crippen MR) is 128 cm³/mol. The van der Waals surface area contributed by atoms with Crippen molar-refractivity contribution in [1.29, 1.82) is 0 Å². The van der Waals surface area contributed by atoms with E-state index in [0.717, 1.165) is 61.2 Å². The van der Waals surface area contributed by atoms with Crippen molar-refractivity contribution in [2.75, 3.05) is 11.9 Å². The van der Waals surface area contributed by atoms with Crippen LogP contribution in [0.15, 0.2) is 23.1 Å². The van der Waals surface area contributed by atoms with Crippen molar-refractivity contribution in [2.24, 2.45) is 23.2 Å². The third-order valence-electron chi connectivity index (χ3n) is 9.19. The second-order valence-corrected chi connectivity index (χ2v) is 11.4. The molecule has 34 heavy (non-hydrogen) atoms. The van der Waals surface area contributed by atoms with Crippen molar-refractivity contribution in [3.05, 3.63) is 46.8 Å². The van der Waals surface area contributed by atoms with Gasteiger partial charge in [-0.2, -0.15) is 0 Å². The van der Waals surface area contributed by atoms with Gasteiger partial charge in [-0.25, -0.2) is 8.78 Å². The van der Waals surface area contributed by atoms with Gasteiger partial charge in [0.15, 0.2) is 11.6 Å². The number of nitrogens with one attached hydrogen (secondary N) is 2. The van der Waals surface area contributed by atoms with Gasteiger partial charge < -0.3 is 15.0 Å². The summed E-state index contributed by atoms with van der Waals surface area (Å²) in [6.45, 7) is 3.09. The van der Waals surface area contributed by atoms with Gasteiger partial charge in [-0.15, -0.1) is 0 Å². The molecule has 1 amide bonds. The van der Waals surface area contributed by atoms with E-state index in [9.17, 15) is 18.7 Å². The molecule has 3 fully saturated rings. The highest BCUT2D eigenvalue weighted by Gasteiger charge is 2.75. The highest BCUT2D eigenvalue weighted by Crippen LogP contribution is 2.77. The lowest BCUT2D eigenvalue weighted by Gasteiger charge is -2.78. The maximum Gasteiger partial charge on any atom is 0.272 e. The summed E-state index contributed by atoms with van der Waals surface area (Å²) in [6, 6.07) is 3.91. The third-order valence-corrected chi connectivity index (χ3v) is 10.3. The summed E-state index contributed by atoms with van der Waals surface area (Å²) in [5, 5.41) is 12.5. The molecule has 3 aliphatic carbocycles. The van der Waals surface area contributed by atoms with E-state index in [2.05, 4.69) is 14.6 Å². The number of nitrogens with zero attached hydrogens (tertiary/aromatic N) is 1. The van der Waals surface area contributed by atoms with Gasteiger partial charge in [0.25, 0.3) is 5.91 Å². The Balaban J connectivity index is 1.24. The van der Waals surface area contributed by atoms with E-state index in [0.29, 0.717) is 41.5 Å². The number of hydrogen-bond donors (Lipinski definition) is 3. The molecule has 0 bridgehead atoms. The topological polar surface area (TPSA) is 66.3 Å². The molecule has 2 heterocycles. The Kier molecular flexibility index (Phi) is 5.54. The van der Waals surface area contributed by atoms with Crippen LogP contribution in [-0.4, -0.2) is 28.2 Å². The quantitative estimate of drug-likeness (QED) is 0.499. The van der Waals surface area contributed by atoms with Crippen molar-refractivity contribution in [1.82, 2.24) is 9.29 Å². The molecular formula is C26H31F2N3O2S. The molecule has 1 spiro atoms. The maximum absolute atomic E-state index is 13.7. The normalized spacial score (nSPS) is 31.2. The summed E-state index contributed by atoms with van der Waals surface area (Å²) in [5.41, 5.74) is 3.40. The fourth-order valence-corrected chi connectivity index (χ4v) is 8.56. The highest BCUT2D eigenvalue weighted by atomic mass is 32.2. The zero-order valence-corrected chi connectivity index (χ0v) is 20.2. The van der Waals surface area contributed by atoms with E-state index in [1.165, 1.54) is 24.6 Å². The molecule has 3 saturated carbocycles. The van der Waals surface area contributed by atoms with E-state index >= 15 is 0 Å².